The van der Waals surface area contributed by atoms with Gasteiger partial charge in [-0.25, -0.2) is 4.98 Å². The van der Waals surface area contributed by atoms with Crippen LogP contribution >= 0.6 is 0 Å². The van der Waals surface area contributed by atoms with Crippen LogP contribution in [0.25, 0.3) is 66.1 Å². The summed E-state index contributed by atoms with van der Waals surface area (Å²) in [5.41, 5.74) is 6.13. The molecule has 0 atom stereocenters. The van der Waals surface area contributed by atoms with Crippen molar-refractivity contribution in [3.05, 3.63) is 103 Å². The molecule has 184 valence electrons. The zero-order valence-corrected chi connectivity index (χ0v) is 21.4. The van der Waals surface area contributed by atoms with Crippen molar-refractivity contribution in [1.82, 2.24) is 4.98 Å². The summed E-state index contributed by atoms with van der Waals surface area (Å²) in [5, 5.41) is 5.95. The highest BCUT2D eigenvalue weighted by Gasteiger charge is 2.21. The molecule has 0 bridgehead atoms. The topological polar surface area (TPSA) is 39.1 Å². The average Bonchev–Trinajstić information content (AvgIpc) is 3.40. The maximum Gasteiger partial charge on any atom is 0.255 e. The van der Waals surface area contributed by atoms with Crippen LogP contribution in [0.2, 0.25) is 0 Å². The quantitative estimate of drug-likeness (QED) is 0.178. The molecule has 0 aliphatic rings. The predicted octanol–water partition coefficient (Wildman–Crippen LogP) is 8.33. The number of hydrogen-bond acceptors (Lipinski definition) is 3. The van der Waals surface area contributed by atoms with Gasteiger partial charge in [0.2, 0.25) is 5.89 Å². The molecule has 0 radical (unpaired) electrons. The second kappa shape index (κ2) is 9.00. The number of nitrogens with zero attached hydrogens (tertiary/aromatic N) is 2. The van der Waals surface area contributed by atoms with Gasteiger partial charge in [-0.15, -0.1) is 0 Å². The summed E-state index contributed by atoms with van der Waals surface area (Å²) in [5.74, 6) is 1.52. The molecule has 0 unspecified atom stereocenters. The van der Waals surface area contributed by atoms with Crippen molar-refractivity contribution >= 4 is 43.5 Å². The molecule has 0 aliphatic heterocycles. The van der Waals surface area contributed by atoms with Gasteiger partial charge >= 0.3 is 0 Å². The molecular formula is C34H27N2O2+. The molecule has 0 amide bonds. The first-order valence-corrected chi connectivity index (χ1v) is 13.1. The summed E-state index contributed by atoms with van der Waals surface area (Å²) in [7, 11) is 1.75. The number of aryl methyl sites for hydroxylation is 1. The van der Waals surface area contributed by atoms with E-state index in [9.17, 15) is 0 Å². The van der Waals surface area contributed by atoms with Gasteiger partial charge in [-0.2, -0.15) is 4.57 Å². The highest BCUT2D eigenvalue weighted by atomic mass is 16.5. The summed E-state index contributed by atoms with van der Waals surface area (Å²) in [6.45, 7) is 3.13. The lowest BCUT2D eigenvalue weighted by molar-refractivity contribution is -0.671. The van der Waals surface area contributed by atoms with Gasteiger partial charge in [0.15, 0.2) is 17.5 Å². The van der Waals surface area contributed by atoms with E-state index in [2.05, 4.69) is 90.5 Å². The maximum atomic E-state index is 6.15. The normalized spacial score (nSPS) is 11.6. The molecular weight excluding hydrogens is 468 g/mol. The van der Waals surface area contributed by atoms with Crippen LogP contribution in [0.4, 0.5) is 0 Å². The van der Waals surface area contributed by atoms with Crippen molar-refractivity contribution in [2.24, 2.45) is 0 Å². The fraction of sp³-hybridized carbons (Fsp3) is 0.118. The Balaban J connectivity index is 1.57. The number of ether oxygens (including phenoxy) is 1. The van der Waals surface area contributed by atoms with Crippen LogP contribution in [0.5, 0.6) is 5.75 Å². The molecule has 7 aromatic rings. The minimum Gasteiger partial charge on any atom is -0.490 e. The molecule has 0 spiro atoms. The highest BCUT2D eigenvalue weighted by molar-refractivity contribution is 6.17. The molecule has 38 heavy (non-hydrogen) atoms. The van der Waals surface area contributed by atoms with E-state index in [4.69, 9.17) is 14.1 Å². The van der Waals surface area contributed by atoms with Crippen LogP contribution in [-0.4, -0.2) is 12.1 Å². The SMILES string of the molecule is CCC[n+]1cccc2c(-c3c4ccccc4cc4ccc(-c5nc6ccccc6o5)cc34)ccc(OC)c21. The van der Waals surface area contributed by atoms with Crippen molar-refractivity contribution in [2.45, 2.75) is 19.9 Å². The largest absolute Gasteiger partial charge is 0.490 e. The fourth-order valence-electron chi connectivity index (χ4n) is 5.66. The number of aromatic nitrogens is 2. The number of pyridine rings is 1. The Morgan fingerprint density at radius 1 is 0.789 bits per heavy atom. The zero-order valence-electron chi connectivity index (χ0n) is 21.4. The van der Waals surface area contributed by atoms with E-state index in [0.29, 0.717) is 5.89 Å². The summed E-state index contributed by atoms with van der Waals surface area (Å²) >= 11 is 0. The minimum absolute atomic E-state index is 0.632. The number of methoxy groups -OCH3 is 1. The van der Waals surface area contributed by atoms with E-state index in [1.807, 2.05) is 24.3 Å². The van der Waals surface area contributed by atoms with Crippen molar-refractivity contribution in [3.8, 4) is 28.3 Å². The van der Waals surface area contributed by atoms with Crippen molar-refractivity contribution in [3.63, 3.8) is 0 Å². The van der Waals surface area contributed by atoms with E-state index in [1.165, 1.54) is 38.1 Å². The number of fused-ring (bicyclic) bond motifs is 4. The van der Waals surface area contributed by atoms with Crippen molar-refractivity contribution in [1.29, 1.82) is 0 Å². The van der Waals surface area contributed by atoms with Crippen LogP contribution in [-0.2, 0) is 6.54 Å². The molecule has 2 heterocycles. The molecule has 0 N–H and O–H groups in total. The number of hydrogen-bond donors (Lipinski definition) is 0. The average molecular weight is 496 g/mol. The molecule has 7 rings (SSSR count). The molecule has 4 heteroatoms. The smallest absolute Gasteiger partial charge is 0.255 e. The molecule has 0 saturated carbocycles. The Labute approximate surface area is 220 Å². The predicted molar refractivity (Wildman–Crippen MR) is 154 cm³/mol. The number of para-hydroxylation sites is 2. The second-order valence-corrected chi connectivity index (χ2v) is 9.67. The van der Waals surface area contributed by atoms with E-state index in [-0.39, 0.29) is 0 Å². The molecule has 0 fully saturated rings. The molecule has 4 nitrogen and oxygen atoms in total. The van der Waals surface area contributed by atoms with E-state index >= 15 is 0 Å². The third-order valence-electron chi connectivity index (χ3n) is 7.35. The number of rotatable bonds is 5. The standard InChI is InChI=1S/C34H27N2O2/c1-3-18-36-19-8-11-27-26(16-17-31(37-2)33(27)36)32-25-10-5-4-9-22(25)20-23-14-15-24(21-28(23)32)34-35-29-12-6-7-13-30(29)38-34/h4-17,19-21H,3,18H2,1-2H3/q+1. The number of oxazole rings is 1. The fourth-order valence-corrected chi connectivity index (χ4v) is 5.66. The van der Waals surface area contributed by atoms with Gasteiger partial charge in [-0.3, -0.25) is 0 Å². The Kier molecular flexibility index (Phi) is 5.33. The van der Waals surface area contributed by atoms with E-state index < -0.39 is 0 Å². The zero-order chi connectivity index (χ0) is 25.6. The van der Waals surface area contributed by atoms with Crippen LogP contribution in [0.3, 0.4) is 0 Å². The molecule has 5 aromatic carbocycles. The Bertz CT molecular complexity index is 1950. The van der Waals surface area contributed by atoms with Crippen LogP contribution in [0, 0.1) is 0 Å². The van der Waals surface area contributed by atoms with Gasteiger partial charge in [0.05, 0.1) is 12.5 Å². The Hall–Kier alpha value is -4.70. The van der Waals surface area contributed by atoms with E-state index in [1.54, 1.807) is 7.11 Å². The summed E-state index contributed by atoms with van der Waals surface area (Å²) in [4.78, 5) is 4.77. The molecule has 0 aliphatic carbocycles. The maximum absolute atomic E-state index is 6.15. The first-order valence-electron chi connectivity index (χ1n) is 13.1. The summed E-state index contributed by atoms with van der Waals surface area (Å²) < 4.78 is 14.3. The third-order valence-corrected chi connectivity index (χ3v) is 7.35. The van der Waals surface area contributed by atoms with Gasteiger partial charge < -0.3 is 9.15 Å². The van der Waals surface area contributed by atoms with Gasteiger partial charge in [0, 0.05) is 18.1 Å². The first-order chi connectivity index (χ1) is 18.7. The lowest BCUT2D eigenvalue weighted by atomic mass is 9.89. The van der Waals surface area contributed by atoms with E-state index in [0.717, 1.165) is 40.9 Å². The summed E-state index contributed by atoms with van der Waals surface area (Å²) in [6.07, 6.45) is 3.19. The van der Waals surface area contributed by atoms with Crippen LogP contribution < -0.4 is 9.30 Å². The first kappa shape index (κ1) is 22.5. The summed E-state index contributed by atoms with van der Waals surface area (Å²) in [6, 6.07) is 33.9. The minimum atomic E-state index is 0.632. The van der Waals surface area contributed by atoms with Crippen molar-refractivity contribution in [2.75, 3.05) is 7.11 Å². The lowest BCUT2D eigenvalue weighted by Gasteiger charge is -2.15. The second-order valence-electron chi connectivity index (χ2n) is 9.67. The lowest BCUT2D eigenvalue weighted by Crippen LogP contribution is -2.34. The van der Waals surface area contributed by atoms with Gasteiger partial charge in [-0.05, 0) is 81.2 Å². The van der Waals surface area contributed by atoms with Crippen LogP contribution in [0.1, 0.15) is 13.3 Å². The van der Waals surface area contributed by atoms with Gasteiger partial charge in [0.1, 0.15) is 12.1 Å². The van der Waals surface area contributed by atoms with Crippen molar-refractivity contribution < 1.29 is 13.7 Å². The molecule has 2 aromatic heterocycles. The highest BCUT2D eigenvalue weighted by Crippen LogP contribution is 2.42. The number of benzene rings is 5. The molecule has 0 saturated heterocycles. The van der Waals surface area contributed by atoms with Gasteiger partial charge in [-0.1, -0.05) is 49.4 Å². The Morgan fingerprint density at radius 2 is 1.61 bits per heavy atom. The van der Waals surface area contributed by atoms with Crippen LogP contribution in [0.15, 0.2) is 108 Å². The van der Waals surface area contributed by atoms with Gasteiger partial charge in [0.25, 0.3) is 5.52 Å². The Morgan fingerprint density at radius 3 is 2.47 bits per heavy atom. The third kappa shape index (κ3) is 3.52. The monoisotopic (exact) mass is 495 g/mol.